The van der Waals surface area contributed by atoms with E-state index in [4.69, 9.17) is 14.4 Å². The van der Waals surface area contributed by atoms with Crippen molar-refractivity contribution in [2.45, 2.75) is 0 Å². The van der Waals surface area contributed by atoms with E-state index >= 15 is 0 Å². The van der Waals surface area contributed by atoms with Gasteiger partial charge in [0.15, 0.2) is 5.82 Å². The van der Waals surface area contributed by atoms with E-state index in [2.05, 4.69) is 164 Å². The lowest BCUT2D eigenvalue weighted by Gasteiger charge is -2.17. The minimum Gasteiger partial charge on any atom is -0.456 e. The second-order valence-electron chi connectivity index (χ2n) is 15.7. The Morgan fingerprint density at radius 1 is 0.271 bits per heavy atom. The Balaban J connectivity index is 1.05. The molecule has 0 radical (unpaired) electrons. The third kappa shape index (κ3) is 4.89. The van der Waals surface area contributed by atoms with E-state index in [1.165, 1.54) is 70.2 Å². The summed E-state index contributed by atoms with van der Waals surface area (Å²) in [4.78, 5) is 10.4. The lowest BCUT2D eigenvalue weighted by atomic mass is 9.86. The molecule has 3 heteroatoms. The Morgan fingerprint density at radius 3 is 1.49 bits per heavy atom. The van der Waals surface area contributed by atoms with Crippen LogP contribution in [0.1, 0.15) is 0 Å². The lowest BCUT2D eigenvalue weighted by Crippen LogP contribution is -1.96. The average Bonchev–Trinajstić information content (AvgIpc) is 3.68. The van der Waals surface area contributed by atoms with E-state index in [-0.39, 0.29) is 0 Å². The van der Waals surface area contributed by atoms with Crippen LogP contribution in [0.25, 0.3) is 132 Å². The molecule has 0 atom stereocenters. The molecule has 0 aliphatic heterocycles. The van der Waals surface area contributed by atoms with Gasteiger partial charge in [0.2, 0.25) is 0 Å². The first-order chi connectivity index (χ1) is 29.2. The molecule has 272 valence electrons. The maximum Gasteiger partial charge on any atom is 0.160 e. The Kier molecular flexibility index (Phi) is 6.72. The molecule has 0 spiro atoms. The van der Waals surface area contributed by atoms with Gasteiger partial charge >= 0.3 is 0 Å². The van der Waals surface area contributed by atoms with Crippen molar-refractivity contribution in [1.29, 1.82) is 0 Å². The molecule has 0 saturated carbocycles. The second kappa shape index (κ2) is 12.3. The molecular formula is C56H32N2O. The number of rotatable bonds is 4. The second-order valence-corrected chi connectivity index (χ2v) is 15.7. The maximum atomic E-state index is 6.18. The molecule has 0 aliphatic rings. The standard InChI is InChI=1S/C56H32N2O/c1-2-10-36(11-3-1)56-57-48(32-49(58-56)39-26-27-51-46(30-39)42-17-4-5-21-50(42)59-51)38-16-6-15-37(28-38)41-29-40-25-24-35-13-8-19-44-43-18-7-12-33-22-23-34-14-9-20-45(54(34)52(33)43)47(31-41)55(40)53(35)44/h1-32H. The van der Waals surface area contributed by atoms with Gasteiger partial charge in [0, 0.05) is 27.5 Å². The summed E-state index contributed by atoms with van der Waals surface area (Å²) in [6, 6.07) is 70.0. The maximum absolute atomic E-state index is 6.18. The van der Waals surface area contributed by atoms with E-state index in [9.17, 15) is 0 Å². The van der Waals surface area contributed by atoms with Crippen molar-refractivity contribution in [3.8, 4) is 45.0 Å². The van der Waals surface area contributed by atoms with Crippen LogP contribution < -0.4 is 0 Å². The van der Waals surface area contributed by atoms with Crippen LogP contribution in [-0.2, 0) is 0 Å². The molecule has 11 aromatic carbocycles. The minimum atomic E-state index is 0.688. The first-order valence-electron chi connectivity index (χ1n) is 20.1. The molecule has 0 aliphatic carbocycles. The van der Waals surface area contributed by atoms with Gasteiger partial charge in [-0.1, -0.05) is 146 Å². The smallest absolute Gasteiger partial charge is 0.160 e. The summed E-state index contributed by atoms with van der Waals surface area (Å²) in [6.07, 6.45) is 0. The molecule has 3 nitrogen and oxygen atoms in total. The lowest BCUT2D eigenvalue weighted by molar-refractivity contribution is 0.669. The van der Waals surface area contributed by atoms with Crippen LogP contribution >= 0.6 is 0 Å². The zero-order valence-corrected chi connectivity index (χ0v) is 31.8. The molecule has 0 saturated heterocycles. The highest BCUT2D eigenvalue weighted by atomic mass is 16.3. The molecule has 0 fully saturated rings. The summed E-state index contributed by atoms with van der Waals surface area (Å²) in [6.45, 7) is 0. The molecular weight excluding hydrogens is 717 g/mol. The van der Waals surface area contributed by atoms with Crippen LogP contribution in [0.3, 0.4) is 0 Å². The third-order valence-electron chi connectivity index (χ3n) is 12.3. The summed E-state index contributed by atoms with van der Waals surface area (Å²) >= 11 is 0. The number of benzene rings is 10. The van der Waals surface area contributed by atoms with Crippen LogP contribution in [0, 0.1) is 0 Å². The summed E-state index contributed by atoms with van der Waals surface area (Å²) in [7, 11) is 0. The molecule has 0 amide bonds. The highest BCUT2D eigenvalue weighted by Crippen LogP contribution is 2.45. The van der Waals surface area contributed by atoms with Gasteiger partial charge in [0.1, 0.15) is 11.2 Å². The molecule has 0 unspecified atom stereocenters. The zero-order valence-electron chi connectivity index (χ0n) is 31.8. The van der Waals surface area contributed by atoms with Crippen LogP contribution in [0.2, 0.25) is 0 Å². The number of aromatic nitrogens is 2. The normalized spacial score (nSPS) is 12.1. The highest BCUT2D eigenvalue weighted by molar-refractivity contribution is 6.37. The van der Waals surface area contributed by atoms with Gasteiger partial charge in [-0.05, 0) is 124 Å². The number of fused-ring (bicyclic) bond motifs is 5. The number of nitrogens with zero attached hydrogens (tertiary/aromatic N) is 2. The fourth-order valence-electron chi connectivity index (χ4n) is 9.65. The molecule has 2 aromatic heterocycles. The van der Waals surface area contributed by atoms with Crippen molar-refractivity contribution in [1.82, 2.24) is 9.97 Å². The van der Waals surface area contributed by atoms with Crippen LogP contribution in [0.15, 0.2) is 199 Å². The Labute approximate surface area is 338 Å². The minimum absolute atomic E-state index is 0.688. The number of hydrogen-bond acceptors (Lipinski definition) is 3. The fraction of sp³-hybridized carbons (Fsp3) is 0. The van der Waals surface area contributed by atoms with Gasteiger partial charge in [-0.2, -0.15) is 0 Å². The van der Waals surface area contributed by atoms with Crippen LogP contribution in [0.5, 0.6) is 0 Å². The van der Waals surface area contributed by atoms with Crippen molar-refractivity contribution in [3.63, 3.8) is 0 Å². The van der Waals surface area contributed by atoms with E-state index in [0.29, 0.717) is 5.82 Å². The van der Waals surface area contributed by atoms with Gasteiger partial charge in [-0.3, -0.25) is 0 Å². The predicted molar refractivity (Wildman–Crippen MR) is 247 cm³/mol. The molecule has 13 rings (SSSR count). The van der Waals surface area contributed by atoms with Gasteiger partial charge in [0.25, 0.3) is 0 Å². The average molecular weight is 749 g/mol. The van der Waals surface area contributed by atoms with Gasteiger partial charge in [-0.15, -0.1) is 0 Å². The van der Waals surface area contributed by atoms with E-state index in [1.807, 2.05) is 30.3 Å². The highest BCUT2D eigenvalue weighted by Gasteiger charge is 2.18. The summed E-state index contributed by atoms with van der Waals surface area (Å²) in [5.74, 6) is 0.688. The zero-order chi connectivity index (χ0) is 38.6. The van der Waals surface area contributed by atoms with Gasteiger partial charge < -0.3 is 4.42 Å². The Bertz CT molecular complexity index is 3840. The third-order valence-corrected chi connectivity index (χ3v) is 12.3. The van der Waals surface area contributed by atoms with E-state index in [0.717, 1.165) is 55.6 Å². The Hall–Kier alpha value is -7.88. The van der Waals surface area contributed by atoms with Crippen molar-refractivity contribution in [2.24, 2.45) is 0 Å². The van der Waals surface area contributed by atoms with Crippen molar-refractivity contribution < 1.29 is 4.42 Å². The van der Waals surface area contributed by atoms with Crippen LogP contribution in [-0.4, -0.2) is 9.97 Å². The number of hydrogen-bond donors (Lipinski definition) is 0. The van der Waals surface area contributed by atoms with Crippen molar-refractivity contribution in [2.75, 3.05) is 0 Å². The fourth-order valence-corrected chi connectivity index (χ4v) is 9.65. The van der Waals surface area contributed by atoms with E-state index in [1.54, 1.807) is 0 Å². The largest absolute Gasteiger partial charge is 0.456 e. The molecule has 13 aromatic rings. The summed E-state index contributed by atoms with van der Waals surface area (Å²) in [5, 5.41) is 17.5. The molecule has 0 N–H and O–H groups in total. The first kappa shape index (κ1) is 32.2. The number of para-hydroxylation sites is 1. The van der Waals surface area contributed by atoms with Crippen molar-refractivity contribution in [3.05, 3.63) is 194 Å². The van der Waals surface area contributed by atoms with Gasteiger partial charge in [0.05, 0.1) is 11.4 Å². The van der Waals surface area contributed by atoms with Gasteiger partial charge in [-0.25, -0.2) is 9.97 Å². The topological polar surface area (TPSA) is 38.9 Å². The Morgan fingerprint density at radius 2 is 0.780 bits per heavy atom. The van der Waals surface area contributed by atoms with Crippen molar-refractivity contribution >= 4 is 86.6 Å². The first-order valence-corrected chi connectivity index (χ1v) is 20.1. The number of furan rings is 1. The molecule has 2 heterocycles. The van der Waals surface area contributed by atoms with Crippen LogP contribution in [0.4, 0.5) is 0 Å². The summed E-state index contributed by atoms with van der Waals surface area (Å²) in [5.41, 5.74) is 8.79. The molecule has 0 bridgehead atoms. The SMILES string of the molecule is c1ccc(-c2nc(-c3cccc(-c4cc5ccc6cccc7c8cccc9ccc%10cccc(c(c4)c5c67)c%10c98)c3)cc(-c3ccc4oc5ccccc5c4c3)n2)cc1. The monoisotopic (exact) mass is 748 g/mol. The van der Waals surface area contributed by atoms with E-state index < -0.39 is 0 Å². The molecule has 59 heavy (non-hydrogen) atoms. The summed E-state index contributed by atoms with van der Waals surface area (Å²) < 4.78 is 6.18. The quantitative estimate of drug-likeness (QED) is 0.168. The predicted octanol–water partition coefficient (Wildman–Crippen LogP) is 15.4.